The summed E-state index contributed by atoms with van der Waals surface area (Å²) in [5.41, 5.74) is 2.81. The molecule has 7 heteroatoms. The smallest absolute Gasteiger partial charge is 0.247 e. The quantitative estimate of drug-likeness (QED) is 0.711. The average Bonchev–Trinajstić information content (AvgIpc) is 3.41. The number of hydrogen-bond acceptors (Lipinski definition) is 6. The number of aromatic nitrogens is 2. The Morgan fingerprint density at radius 1 is 1.04 bits per heavy atom. The molecule has 2 aliphatic rings. The first-order valence-electron chi connectivity index (χ1n) is 8.78. The van der Waals surface area contributed by atoms with E-state index < -0.39 is 0 Å². The third kappa shape index (κ3) is 2.81. The van der Waals surface area contributed by atoms with Gasteiger partial charge in [-0.05, 0) is 37.3 Å². The Kier molecular flexibility index (Phi) is 3.60. The van der Waals surface area contributed by atoms with E-state index in [-0.39, 0.29) is 18.6 Å². The first-order valence-corrected chi connectivity index (χ1v) is 8.78. The van der Waals surface area contributed by atoms with Crippen molar-refractivity contribution < 1.29 is 18.7 Å². The summed E-state index contributed by atoms with van der Waals surface area (Å²) < 4.78 is 16.6. The molecule has 5 rings (SSSR count). The van der Waals surface area contributed by atoms with Crippen LogP contribution in [-0.4, -0.2) is 29.4 Å². The topological polar surface area (TPSA) is 77.7 Å². The standard InChI is InChI=1S/C20H17N3O4/c1-12-2-5-15(6-3-12)23-10-14(9-18(23)24)20-22-21-19(27-20)13-4-7-16-17(8-13)26-11-25-16/h2-8,14H,9-11H2,1H3. The van der Waals surface area contributed by atoms with Gasteiger partial charge in [0.15, 0.2) is 11.5 Å². The maximum Gasteiger partial charge on any atom is 0.247 e. The second-order valence-corrected chi connectivity index (χ2v) is 6.75. The van der Waals surface area contributed by atoms with E-state index in [9.17, 15) is 4.79 Å². The van der Waals surface area contributed by atoms with Crippen LogP contribution in [0.5, 0.6) is 11.5 Å². The zero-order valence-corrected chi connectivity index (χ0v) is 14.7. The average molecular weight is 363 g/mol. The highest BCUT2D eigenvalue weighted by Gasteiger charge is 2.35. The lowest BCUT2D eigenvalue weighted by atomic mass is 10.1. The molecule has 1 atom stereocenters. The summed E-state index contributed by atoms with van der Waals surface area (Å²) in [6.07, 6.45) is 0.358. The van der Waals surface area contributed by atoms with Gasteiger partial charge in [0.2, 0.25) is 24.5 Å². The minimum Gasteiger partial charge on any atom is -0.454 e. The van der Waals surface area contributed by atoms with Crippen molar-refractivity contribution in [3.63, 3.8) is 0 Å². The minimum atomic E-state index is -0.117. The molecule has 136 valence electrons. The van der Waals surface area contributed by atoms with E-state index in [4.69, 9.17) is 13.9 Å². The molecular weight excluding hydrogens is 346 g/mol. The van der Waals surface area contributed by atoms with Crippen LogP contribution in [0.2, 0.25) is 0 Å². The molecule has 1 amide bonds. The fraction of sp³-hybridized carbons (Fsp3) is 0.250. The largest absolute Gasteiger partial charge is 0.454 e. The van der Waals surface area contributed by atoms with Crippen LogP contribution in [0.15, 0.2) is 46.9 Å². The number of fused-ring (bicyclic) bond motifs is 1. The zero-order valence-electron chi connectivity index (χ0n) is 14.7. The van der Waals surface area contributed by atoms with Crippen LogP contribution < -0.4 is 14.4 Å². The third-order valence-electron chi connectivity index (χ3n) is 4.88. The molecule has 2 aliphatic heterocycles. The molecular formula is C20H17N3O4. The van der Waals surface area contributed by atoms with Gasteiger partial charge in [0.25, 0.3) is 0 Å². The van der Waals surface area contributed by atoms with Crippen molar-refractivity contribution in [1.82, 2.24) is 10.2 Å². The van der Waals surface area contributed by atoms with Crippen LogP contribution in [-0.2, 0) is 4.79 Å². The van der Waals surface area contributed by atoms with Crippen LogP contribution in [0.4, 0.5) is 5.69 Å². The van der Waals surface area contributed by atoms with Crippen molar-refractivity contribution in [1.29, 1.82) is 0 Å². The number of carbonyl (C=O) groups excluding carboxylic acids is 1. The summed E-state index contributed by atoms with van der Waals surface area (Å²) in [7, 11) is 0. The van der Waals surface area contributed by atoms with Gasteiger partial charge in [-0.2, -0.15) is 0 Å². The van der Waals surface area contributed by atoms with Gasteiger partial charge in [-0.3, -0.25) is 4.79 Å². The Morgan fingerprint density at radius 2 is 1.85 bits per heavy atom. The van der Waals surface area contributed by atoms with Crippen molar-refractivity contribution in [2.45, 2.75) is 19.3 Å². The first-order chi connectivity index (χ1) is 13.2. The number of ether oxygens (including phenoxy) is 2. The molecule has 2 aromatic carbocycles. The predicted octanol–water partition coefficient (Wildman–Crippen LogP) is 3.29. The Balaban J connectivity index is 1.37. The summed E-state index contributed by atoms with van der Waals surface area (Å²) in [6.45, 7) is 2.77. The lowest BCUT2D eigenvalue weighted by Gasteiger charge is -2.16. The molecule has 0 saturated carbocycles. The van der Waals surface area contributed by atoms with Gasteiger partial charge in [0.1, 0.15) is 0 Å². The summed E-state index contributed by atoms with van der Waals surface area (Å²) in [6, 6.07) is 13.4. The summed E-state index contributed by atoms with van der Waals surface area (Å²) in [4.78, 5) is 14.2. The van der Waals surface area contributed by atoms with Gasteiger partial charge in [0, 0.05) is 24.2 Å². The van der Waals surface area contributed by atoms with E-state index in [2.05, 4.69) is 10.2 Å². The van der Waals surface area contributed by atoms with E-state index in [1.807, 2.05) is 49.4 Å². The summed E-state index contributed by atoms with van der Waals surface area (Å²) in [5.74, 6) is 2.19. The van der Waals surface area contributed by atoms with Crippen LogP contribution >= 0.6 is 0 Å². The molecule has 3 aromatic rings. The maximum atomic E-state index is 12.5. The number of rotatable bonds is 3. The minimum absolute atomic E-state index is 0.0617. The van der Waals surface area contributed by atoms with E-state index in [0.717, 1.165) is 16.8 Å². The molecule has 27 heavy (non-hydrogen) atoms. The molecule has 0 bridgehead atoms. The number of nitrogens with zero attached hydrogens (tertiary/aromatic N) is 3. The molecule has 1 fully saturated rings. The van der Waals surface area contributed by atoms with Gasteiger partial charge in [-0.15, -0.1) is 10.2 Å². The van der Waals surface area contributed by atoms with Crippen LogP contribution in [0.3, 0.4) is 0 Å². The van der Waals surface area contributed by atoms with Crippen LogP contribution in [0, 0.1) is 6.92 Å². The van der Waals surface area contributed by atoms with Gasteiger partial charge in [-0.1, -0.05) is 17.7 Å². The van der Waals surface area contributed by atoms with Crippen molar-refractivity contribution in [2.75, 3.05) is 18.2 Å². The molecule has 3 heterocycles. The van der Waals surface area contributed by atoms with E-state index in [1.54, 1.807) is 4.90 Å². The molecule has 7 nitrogen and oxygen atoms in total. The molecule has 0 radical (unpaired) electrons. The lowest BCUT2D eigenvalue weighted by molar-refractivity contribution is -0.117. The van der Waals surface area contributed by atoms with Crippen molar-refractivity contribution in [2.24, 2.45) is 0 Å². The van der Waals surface area contributed by atoms with Crippen molar-refractivity contribution >= 4 is 11.6 Å². The van der Waals surface area contributed by atoms with Crippen LogP contribution in [0.25, 0.3) is 11.5 Å². The SMILES string of the molecule is Cc1ccc(N2CC(c3nnc(-c4ccc5c(c4)OCO5)o3)CC2=O)cc1. The number of anilines is 1. The fourth-order valence-corrected chi connectivity index (χ4v) is 3.39. The maximum absolute atomic E-state index is 12.5. The third-order valence-corrected chi connectivity index (χ3v) is 4.88. The lowest BCUT2D eigenvalue weighted by Crippen LogP contribution is -2.24. The molecule has 1 unspecified atom stereocenters. The van der Waals surface area contributed by atoms with Gasteiger partial charge in [-0.25, -0.2) is 0 Å². The molecule has 0 spiro atoms. The summed E-state index contributed by atoms with van der Waals surface area (Å²) >= 11 is 0. The zero-order chi connectivity index (χ0) is 18.4. The van der Waals surface area contributed by atoms with Crippen molar-refractivity contribution in [3.05, 3.63) is 53.9 Å². The molecule has 1 saturated heterocycles. The second kappa shape index (κ2) is 6.12. The molecule has 1 aromatic heterocycles. The highest BCUT2D eigenvalue weighted by molar-refractivity contribution is 5.96. The second-order valence-electron chi connectivity index (χ2n) is 6.75. The number of benzene rings is 2. The Hall–Kier alpha value is -3.35. The van der Waals surface area contributed by atoms with Gasteiger partial charge >= 0.3 is 0 Å². The summed E-state index contributed by atoms with van der Waals surface area (Å²) in [5, 5.41) is 8.33. The Labute approximate surface area is 155 Å². The fourth-order valence-electron chi connectivity index (χ4n) is 3.39. The first kappa shape index (κ1) is 15.9. The highest BCUT2D eigenvalue weighted by Crippen LogP contribution is 2.37. The van der Waals surface area contributed by atoms with E-state index >= 15 is 0 Å². The molecule has 0 aliphatic carbocycles. The van der Waals surface area contributed by atoms with Gasteiger partial charge < -0.3 is 18.8 Å². The van der Waals surface area contributed by atoms with E-state index in [0.29, 0.717) is 36.2 Å². The van der Waals surface area contributed by atoms with E-state index in [1.165, 1.54) is 0 Å². The monoisotopic (exact) mass is 363 g/mol. The normalized spacial score (nSPS) is 18.3. The predicted molar refractivity (Wildman–Crippen MR) is 96.7 cm³/mol. The Bertz CT molecular complexity index is 1010. The molecule has 0 N–H and O–H groups in total. The number of carbonyl (C=O) groups is 1. The number of amides is 1. The Morgan fingerprint density at radius 3 is 2.70 bits per heavy atom. The highest BCUT2D eigenvalue weighted by atomic mass is 16.7. The number of aryl methyl sites for hydroxylation is 1. The number of hydrogen-bond donors (Lipinski definition) is 0. The van der Waals surface area contributed by atoms with Crippen LogP contribution in [0.1, 0.15) is 23.8 Å². The van der Waals surface area contributed by atoms with Gasteiger partial charge in [0.05, 0.1) is 5.92 Å². The van der Waals surface area contributed by atoms with Crippen molar-refractivity contribution in [3.8, 4) is 23.0 Å².